The molecule has 0 saturated carbocycles. The molecule has 50 valence electrons. The molecule has 0 bridgehead atoms. The molecule has 8 heavy (non-hydrogen) atoms. The first-order valence-electron chi connectivity index (χ1n) is 2.73. The van der Waals surface area contributed by atoms with Gasteiger partial charge in [0.15, 0.2) is 0 Å². The van der Waals surface area contributed by atoms with Crippen LogP contribution in [0.4, 0.5) is 0 Å². The minimum atomic E-state index is 0.792. The van der Waals surface area contributed by atoms with Crippen molar-refractivity contribution in [2.45, 2.75) is 13.3 Å². The largest absolute Gasteiger partial charge is 0.382 e. The van der Waals surface area contributed by atoms with Crippen molar-refractivity contribution >= 4 is 23.0 Å². The predicted octanol–water partition coefficient (Wildman–Crippen LogP) is 1.78. The van der Waals surface area contributed by atoms with Gasteiger partial charge in [-0.1, -0.05) is 0 Å². The summed E-state index contributed by atoms with van der Waals surface area (Å²) >= 11 is 1.88. The summed E-state index contributed by atoms with van der Waals surface area (Å²) in [5.41, 5.74) is 0. The maximum Gasteiger partial charge on any atom is 0.109 e. The summed E-state index contributed by atoms with van der Waals surface area (Å²) in [5.74, 6) is 0. The molecule has 0 heterocycles. The number of hydrogen-bond donors (Lipinski definition) is 0. The molecule has 0 amide bonds. The van der Waals surface area contributed by atoms with Gasteiger partial charge in [-0.25, -0.2) is 0 Å². The molecule has 2 nitrogen and oxygen atoms in total. The van der Waals surface area contributed by atoms with Crippen molar-refractivity contribution in [3.05, 3.63) is 0 Å². The Kier molecular flexibility index (Phi) is 8.27. The Labute approximate surface area is 64.2 Å². The molecular formula is C5H11IO2. The van der Waals surface area contributed by atoms with Crippen LogP contribution in [0.5, 0.6) is 0 Å². The van der Waals surface area contributed by atoms with E-state index in [0.717, 1.165) is 26.2 Å². The molecule has 3 heteroatoms. The Morgan fingerprint density at radius 1 is 1.38 bits per heavy atom. The van der Waals surface area contributed by atoms with E-state index in [-0.39, 0.29) is 0 Å². The highest BCUT2D eigenvalue weighted by Gasteiger charge is 1.83. The molecule has 0 fully saturated rings. The number of rotatable bonds is 5. The van der Waals surface area contributed by atoms with Gasteiger partial charge in [0.1, 0.15) is 23.0 Å². The van der Waals surface area contributed by atoms with E-state index in [0.29, 0.717) is 0 Å². The number of halogens is 1. The van der Waals surface area contributed by atoms with Crippen molar-refractivity contribution in [3.63, 3.8) is 0 Å². The molecule has 0 unspecified atom stereocenters. The second-order valence-electron chi connectivity index (χ2n) is 1.36. The van der Waals surface area contributed by atoms with Crippen LogP contribution >= 0.6 is 23.0 Å². The van der Waals surface area contributed by atoms with E-state index >= 15 is 0 Å². The molecule has 0 atom stereocenters. The lowest BCUT2D eigenvalue weighted by molar-refractivity contribution is 0.136. The molecule has 0 aliphatic heterocycles. The van der Waals surface area contributed by atoms with Gasteiger partial charge in [0.05, 0.1) is 6.61 Å². The van der Waals surface area contributed by atoms with Gasteiger partial charge in [-0.3, -0.25) is 0 Å². The molecule has 0 saturated heterocycles. The third-order valence-corrected chi connectivity index (χ3v) is 1.15. The lowest BCUT2D eigenvalue weighted by atomic mass is 10.5. The van der Waals surface area contributed by atoms with Crippen LogP contribution in [0.25, 0.3) is 0 Å². The van der Waals surface area contributed by atoms with Gasteiger partial charge in [0, 0.05) is 13.2 Å². The van der Waals surface area contributed by atoms with E-state index in [2.05, 4.69) is 0 Å². The zero-order valence-corrected chi connectivity index (χ0v) is 7.18. The lowest BCUT2D eigenvalue weighted by Crippen LogP contribution is -1.95. The van der Waals surface area contributed by atoms with Gasteiger partial charge in [-0.15, -0.1) is 0 Å². The first kappa shape index (κ1) is 8.65. The highest BCUT2D eigenvalue weighted by Crippen LogP contribution is 1.89. The van der Waals surface area contributed by atoms with E-state index < -0.39 is 0 Å². The number of hydrogen-bond acceptors (Lipinski definition) is 2. The van der Waals surface area contributed by atoms with E-state index in [1.165, 1.54) is 0 Å². The number of ether oxygens (including phenoxy) is 1. The topological polar surface area (TPSA) is 18.5 Å². The second-order valence-corrected chi connectivity index (χ2v) is 1.99. The smallest absolute Gasteiger partial charge is 0.109 e. The lowest BCUT2D eigenvalue weighted by Gasteiger charge is -1.96. The summed E-state index contributed by atoms with van der Waals surface area (Å²) in [7, 11) is 0. The maximum atomic E-state index is 5.05. The average molecular weight is 230 g/mol. The summed E-state index contributed by atoms with van der Waals surface area (Å²) < 4.78 is 9.83. The summed E-state index contributed by atoms with van der Waals surface area (Å²) in [6.45, 7) is 4.41. The highest BCUT2D eigenvalue weighted by atomic mass is 127. The quantitative estimate of drug-likeness (QED) is 0.529. The predicted molar refractivity (Wildman–Crippen MR) is 41.1 cm³/mol. The molecule has 0 aliphatic carbocycles. The van der Waals surface area contributed by atoms with Crippen LogP contribution in [0, 0.1) is 0 Å². The fraction of sp³-hybridized carbons (Fsp3) is 1.00. The molecule has 0 spiro atoms. The SMILES string of the molecule is CCOCCCOI. The van der Waals surface area contributed by atoms with Crippen LogP contribution in [-0.2, 0) is 7.80 Å². The minimum absolute atomic E-state index is 0.792. The van der Waals surface area contributed by atoms with Gasteiger partial charge in [-0.05, 0) is 13.3 Å². The standard InChI is InChI=1S/C5H11IO2/c1-2-7-4-3-5-8-6/h2-5H2,1H3. The third kappa shape index (κ3) is 6.65. The van der Waals surface area contributed by atoms with Crippen molar-refractivity contribution in [2.75, 3.05) is 19.8 Å². The summed E-state index contributed by atoms with van der Waals surface area (Å²) in [6, 6.07) is 0. The van der Waals surface area contributed by atoms with Crippen LogP contribution in [0.2, 0.25) is 0 Å². The zero-order valence-electron chi connectivity index (χ0n) is 5.02. The van der Waals surface area contributed by atoms with Crippen LogP contribution in [0.3, 0.4) is 0 Å². The Bertz CT molecular complexity index is 35.4. The molecule has 0 aromatic carbocycles. The van der Waals surface area contributed by atoms with E-state index in [9.17, 15) is 0 Å². The fourth-order valence-corrected chi connectivity index (χ4v) is 0.671. The van der Waals surface area contributed by atoms with Crippen LogP contribution in [-0.4, -0.2) is 19.8 Å². The molecule has 0 aromatic rings. The third-order valence-electron chi connectivity index (χ3n) is 0.714. The second kappa shape index (κ2) is 7.65. The first-order valence-corrected chi connectivity index (χ1v) is 3.61. The Morgan fingerprint density at radius 3 is 2.62 bits per heavy atom. The van der Waals surface area contributed by atoms with E-state index in [1.807, 2.05) is 29.9 Å². The Morgan fingerprint density at radius 2 is 2.12 bits per heavy atom. The van der Waals surface area contributed by atoms with Gasteiger partial charge in [0.2, 0.25) is 0 Å². The Hall–Kier alpha value is 0.650. The molecule has 0 aliphatic rings. The van der Waals surface area contributed by atoms with Crippen molar-refractivity contribution in [3.8, 4) is 0 Å². The molecule has 0 rings (SSSR count). The fourth-order valence-electron chi connectivity index (χ4n) is 0.360. The van der Waals surface area contributed by atoms with Gasteiger partial charge >= 0.3 is 0 Å². The minimum Gasteiger partial charge on any atom is -0.382 e. The Balaban J connectivity index is 2.53. The zero-order chi connectivity index (χ0) is 6.24. The summed E-state index contributed by atoms with van der Waals surface area (Å²) in [6.07, 6.45) is 0.997. The average Bonchev–Trinajstić information content (AvgIpc) is 1.81. The van der Waals surface area contributed by atoms with E-state index in [4.69, 9.17) is 7.80 Å². The normalized spacial score (nSPS) is 9.75. The van der Waals surface area contributed by atoms with Crippen LogP contribution < -0.4 is 0 Å². The summed E-state index contributed by atoms with van der Waals surface area (Å²) in [5, 5.41) is 0. The van der Waals surface area contributed by atoms with Crippen molar-refractivity contribution in [2.24, 2.45) is 0 Å². The monoisotopic (exact) mass is 230 g/mol. The van der Waals surface area contributed by atoms with Crippen LogP contribution in [0.15, 0.2) is 0 Å². The highest BCUT2D eigenvalue weighted by molar-refractivity contribution is 14.1. The van der Waals surface area contributed by atoms with E-state index in [1.54, 1.807) is 0 Å². The maximum absolute atomic E-state index is 5.05. The van der Waals surface area contributed by atoms with Crippen molar-refractivity contribution in [1.82, 2.24) is 0 Å². The molecule has 0 radical (unpaired) electrons. The molecule has 0 N–H and O–H groups in total. The van der Waals surface area contributed by atoms with Crippen LogP contribution in [0.1, 0.15) is 13.3 Å². The van der Waals surface area contributed by atoms with Gasteiger partial charge < -0.3 is 7.80 Å². The van der Waals surface area contributed by atoms with Gasteiger partial charge in [0.25, 0.3) is 0 Å². The summed E-state index contributed by atoms with van der Waals surface area (Å²) in [4.78, 5) is 0. The van der Waals surface area contributed by atoms with Crippen molar-refractivity contribution < 1.29 is 7.80 Å². The molecule has 0 aromatic heterocycles. The van der Waals surface area contributed by atoms with Gasteiger partial charge in [-0.2, -0.15) is 0 Å². The molecular weight excluding hydrogens is 219 g/mol. The first-order chi connectivity index (χ1) is 3.91. The van der Waals surface area contributed by atoms with Crippen molar-refractivity contribution in [1.29, 1.82) is 0 Å².